The Labute approximate surface area is 189 Å². The third-order valence-electron chi connectivity index (χ3n) is 4.31. The van der Waals surface area contributed by atoms with Crippen molar-refractivity contribution in [2.75, 3.05) is 25.5 Å². The molecule has 2 amide bonds. The average Bonchev–Trinajstić information content (AvgIpc) is 3.17. The highest BCUT2D eigenvalue weighted by Crippen LogP contribution is 2.23. The van der Waals surface area contributed by atoms with Gasteiger partial charge in [0.15, 0.2) is 18.4 Å². The van der Waals surface area contributed by atoms with Crippen LogP contribution in [0.15, 0.2) is 41.4 Å². The molecule has 158 valence electrons. The van der Waals surface area contributed by atoms with E-state index >= 15 is 0 Å². The van der Waals surface area contributed by atoms with Crippen molar-refractivity contribution in [3.63, 3.8) is 0 Å². The zero-order valence-electron chi connectivity index (χ0n) is 16.5. The molecule has 30 heavy (non-hydrogen) atoms. The minimum atomic E-state index is -0.486. The maximum absolute atomic E-state index is 12.5. The smallest absolute Gasteiger partial charge is 0.285 e. The Morgan fingerprint density at radius 3 is 2.13 bits per heavy atom. The molecule has 0 saturated carbocycles. The SMILES string of the molecule is Cc1ccc(OCC(=O)N=C2SCCN2C(=O)COc2ccc(C)c(Cl)c2)cc1Cl. The van der Waals surface area contributed by atoms with Gasteiger partial charge in [-0.1, -0.05) is 47.1 Å². The summed E-state index contributed by atoms with van der Waals surface area (Å²) in [5, 5.41) is 1.48. The molecule has 1 fully saturated rings. The number of hydrogen-bond donors (Lipinski definition) is 0. The first kappa shape index (κ1) is 22.5. The van der Waals surface area contributed by atoms with Gasteiger partial charge in [0.05, 0.1) is 0 Å². The zero-order chi connectivity index (χ0) is 21.7. The summed E-state index contributed by atoms with van der Waals surface area (Å²) in [6.07, 6.45) is 0. The number of thioether (sulfide) groups is 1. The first-order chi connectivity index (χ1) is 14.3. The van der Waals surface area contributed by atoms with Gasteiger partial charge in [-0.15, -0.1) is 0 Å². The van der Waals surface area contributed by atoms with Gasteiger partial charge in [-0.25, -0.2) is 0 Å². The summed E-state index contributed by atoms with van der Waals surface area (Å²) in [7, 11) is 0. The van der Waals surface area contributed by atoms with Crippen LogP contribution < -0.4 is 9.47 Å². The van der Waals surface area contributed by atoms with Gasteiger partial charge in [-0.2, -0.15) is 4.99 Å². The number of rotatable bonds is 6. The summed E-state index contributed by atoms with van der Waals surface area (Å²) in [5.74, 6) is 0.874. The molecule has 0 radical (unpaired) electrons. The van der Waals surface area contributed by atoms with Crippen molar-refractivity contribution < 1.29 is 19.1 Å². The lowest BCUT2D eigenvalue weighted by molar-refractivity contribution is -0.129. The molecular formula is C21H20Cl2N2O4S. The van der Waals surface area contributed by atoms with Gasteiger partial charge in [-0.05, 0) is 49.2 Å². The fourth-order valence-electron chi connectivity index (χ4n) is 2.56. The molecule has 0 unspecified atom stereocenters. The minimum absolute atomic E-state index is 0.175. The number of hydrogen-bond acceptors (Lipinski definition) is 5. The third-order valence-corrected chi connectivity index (χ3v) is 6.08. The summed E-state index contributed by atoms with van der Waals surface area (Å²) in [4.78, 5) is 30.2. The number of nitrogens with zero attached hydrogens (tertiary/aromatic N) is 2. The second-order valence-electron chi connectivity index (χ2n) is 6.58. The molecule has 1 aliphatic heterocycles. The molecule has 0 aliphatic carbocycles. The van der Waals surface area contributed by atoms with Crippen LogP contribution in [0, 0.1) is 13.8 Å². The van der Waals surface area contributed by atoms with Crippen LogP contribution in [0.1, 0.15) is 11.1 Å². The molecule has 3 rings (SSSR count). The topological polar surface area (TPSA) is 68.2 Å². The highest BCUT2D eigenvalue weighted by atomic mass is 35.5. The molecule has 1 saturated heterocycles. The van der Waals surface area contributed by atoms with E-state index in [1.165, 1.54) is 16.7 Å². The molecule has 6 nitrogen and oxygen atoms in total. The first-order valence-electron chi connectivity index (χ1n) is 9.16. The van der Waals surface area contributed by atoms with Crippen LogP contribution >= 0.6 is 35.0 Å². The lowest BCUT2D eigenvalue weighted by Gasteiger charge is -2.16. The number of benzene rings is 2. The third kappa shape index (κ3) is 5.90. The second kappa shape index (κ2) is 10.2. The first-order valence-corrected chi connectivity index (χ1v) is 10.9. The molecule has 0 spiro atoms. The van der Waals surface area contributed by atoms with E-state index in [0.717, 1.165) is 11.1 Å². The number of aliphatic imine (C=N–C) groups is 1. The number of amides is 2. The fraction of sp³-hybridized carbons (Fsp3) is 0.286. The lowest BCUT2D eigenvalue weighted by atomic mass is 10.2. The number of halogens is 2. The molecule has 0 bridgehead atoms. The normalized spacial score (nSPS) is 14.8. The maximum atomic E-state index is 12.5. The molecule has 9 heteroatoms. The van der Waals surface area contributed by atoms with Gasteiger partial charge >= 0.3 is 0 Å². The largest absolute Gasteiger partial charge is 0.484 e. The molecule has 0 atom stereocenters. The summed E-state index contributed by atoms with van der Waals surface area (Å²) >= 11 is 13.5. The van der Waals surface area contributed by atoms with Crippen molar-refractivity contribution in [1.29, 1.82) is 0 Å². The van der Waals surface area contributed by atoms with E-state index in [2.05, 4.69) is 4.99 Å². The molecular weight excluding hydrogens is 447 g/mol. The molecule has 0 aromatic heterocycles. The minimum Gasteiger partial charge on any atom is -0.484 e. The number of ether oxygens (including phenoxy) is 2. The van der Waals surface area contributed by atoms with Gasteiger partial charge in [-0.3, -0.25) is 14.5 Å². The van der Waals surface area contributed by atoms with Crippen LogP contribution in [0.4, 0.5) is 0 Å². The Bertz CT molecular complexity index is 997. The monoisotopic (exact) mass is 466 g/mol. The Balaban J connectivity index is 1.55. The molecule has 2 aromatic rings. The van der Waals surface area contributed by atoms with Gasteiger partial charge in [0.25, 0.3) is 11.8 Å². The highest BCUT2D eigenvalue weighted by Gasteiger charge is 2.27. The number of amidine groups is 1. The highest BCUT2D eigenvalue weighted by molar-refractivity contribution is 8.14. The lowest BCUT2D eigenvalue weighted by Crippen LogP contribution is -2.36. The quantitative estimate of drug-likeness (QED) is 0.625. The number of carbonyl (C=O) groups is 2. The number of carbonyl (C=O) groups excluding carboxylic acids is 2. The van der Waals surface area contributed by atoms with Gasteiger partial charge in [0.2, 0.25) is 0 Å². The van der Waals surface area contributed by atoms with Crippen molar-refractivity contribution in [1.82, 2.24) is 4.90 Å². The maximum Gasteiger partial charge on any atom is 0.285 e. The summed E-state index contributed by atoms with van der Waals surface area (Å²) in [6.45, 7) is 3.80. The van der Waals surface area contributed by atoms with E-state index in [1.54, 1.807) is 24.3 Å². The Morgan fingerprint density at radius 2 is 1.57 bits per heavy atom. The summed E-state index contributed by atoms with van der Waals surface area (Å²) < 4.78 is 11.0. The molecule has 1 aliphatic rings. The Kier molecular flexibility index (Phi) is 7.64. The fourth-order valence-corrected chi connectivity index (χ4v) is 3.87. The number of aryl methyl sites for hydroxylation is 2. The van der Waals surface area contributed by atoms with Gasteiger partial charge < -0.3 is 9.47 Å². The van der Waals surface area contributed by atoms with E-state index in [9.17, 15) is 9.59 Å². The standard InChI is InChI=1S/C21H20Cl2N2O4S/c1-13-3-5-15(9-17(13)22)28-11-19(26)24-21-25(7-8-30-21)20(27)12-29-16-6-4-14(2)18(23)10-16/h3-6,9-10H,7-8,11-12H2,1-2H3. The van der Waals surface area contributed by atoms with Crippen LogP contribution in [0.5, 0.6) is 11.5 Å². The predicted molar refractivity (Wildman–Crippen MR) is 120 cm³/mol. The van der Waals surface area contributed by atoms with E-state index in [1.807, 2.05) is 26.0 Å². The van der Waals surface area contributed by atoms with Crippen molar-refractivity contribution in [3.8, 4) is 11.5 Å². The van der Waals surface area contributed by atoms with Crippen LogP contribution in [-0.4, -0.2) is 47.4 Å². The van der Waals surface area contributed by atoms with Crippen molar-refractivity contribution >= 4 is 51.9 Å². The average molecular weight is 467 g/mol. The van der Waals surface area contributed by atoms with Crippen molar-refractivity contribution in [2.24, 2.45) is 4.99 Å². The Hall–Kier alpha value is -2.22. The van der Waals surface area contributed by atoms with Gasteiger partial charge in [0, 0.05) is 22.3 Å². The molecule has 0 N–H and O–H groups in total. The zero-order valence-corrected chi connectivity index (χ0v) is 18.8. The molecule has 2 aromatic carbocycles. The second-order valence-corrected chi connectivity index (χ2v) is 8.46. The van der Waals surface area contributed by atoms with E-state index in [0.29, 0.717) is 39.0 Å². The summed E-state index contributed by atoms with van der Waals surface area (Å²) in [5.41, 5.74) is 1.84. The van der Waals surface area contributed by atoms with Crippen molar-refractivity contribution in [3.05, 3.63) is 57.6 Å². The van der Waals surface area contributed by atoms with Gasteiger partial charge in [0.1, 0.15) is 11.5 Å². The van der Waals surface area contributed by atoms with Crippen LogP contribution in [-0.2, 0) is 9.59 Å². The van der Waals surface area contributed by atoms with Crippen molar-refractivity contribution in [2.45, 2.75) is 13.8 Å². The van der Waals surface area contributed by atoms with E-state index in [-0.39, 0.29) is 19.1 Å². The Morgan fingerprint density at radius 1 is 1.00 bits per heavy atom. The van der Waals surface area contributed by atoms with E-state index in [4.69, 9.17) is 32.7 Å². The van der Waals surface area contributed by atoms with Crippen LogP contribution in [0.25, 0.3) is 0 Å². The summed E-state index contributed by atoms with van der Waals surface area (Å²) in [6, 6.07) is 10.4. The molecule has 1 heterocycles. The predicted octanol–water partition coefficient (Wildman–Crippen LogP) is 4.53. The van der Waals surface area contributed by atoms with E-state index < -0.39 is 5.91 Å². The van der Waals surface area contributed by atoms with Crippen LogP contribution in [0.2, 0.25) is 10.0 Å². The van der Waals surface area contributed by atoms with Crippen LogP contribution in [0.3, 0.4) is 0 Å².